The maximum absolute atomic E-state index is 11.8. The standard InChI is InChI=1S/C12H25N3O2/c1-6-10(3)13-8-11(16)15(7-2)9-12(17)14(4)5/h10,13H,6-9H2,1-5H3. The van der Waals surface area contributed by atoms with Crippen LogP contribution in [0.25, 0.3) is 0 Å². The fourth-order valence-electron chi connectivity index (χ4n) is 1.20. The zero-order valence-electron chi connectivity index (χ0n) is 11.6. The summed E-state index contributed by atoms with van der Waals surface area (Å²) in [6, 6.07) is 0.321. The lowest BCUT2D eigenvalue weighted by Crippen LogP contribution is -2.45. The summed E-state index contributed by atoms with van der Waals surface area (Å²) in [5, 5.41) is 3.13. The predicted molar refractivity (Wildman–Crippen MR) is 68.7 cm³/mol. The fraction of sp³-hybridized carbons (Fsp3) is 0.833. The molecule has 0 aromatic heterocycles. The molecule has 1 unspecified atom stereocenters. The smallest absolute Gasteiger partial charge is 0.241 e. The first-order valence-electron chi connectivity index (χ1n) is 6.13. The Morgan fingerprint density at radius 1 is 1.18 bits per heavy atom. The highest BCUT2D eigenvalue weighted by Crippen LogP contribution is 1.93. The zero-order chi connectivity index (χ0) is 13.4. The highest BCUT2D eigenvalue weighted by atomic mass is 16.2. The minimum Gasteiger partial charge on any atom is -0.347 e. The SMILES string of the molecule is CCC(C)NCC(=O)N(CC)CC(=O)N(C)C. The molecule has 1 N–H and O–H groups in total. The van der Waals surface area contributed by atoms with E-state index in [1.165, 1.54) is 4.90 Å². The van der Waals surface area contributed by atoms with Crippen molar-refractivity contribution < 1.29 is 9.59 Å². The van der Waals surface area contributed by atoms with Gasteiger partial charge in [-0.2, -0.15) is 0 Å². The number of amides is 2. The Labute approximate surface area is 104 Å². The lowest BCUT2D eigenvalue weighted by Gasteiger charge is -2.23. The normalized spacial score (nSPS) is 12.1. The topological polar surface area (TPSA) is 52.7 Å². The molecular weight excluding hydrogens is 218 g/mol. The maximum Gasteiger partial charge on any atom is 0.241 e. The second kappa shape index (κ2) is 8.06. The van der Waals surface area contributed by atoms with Crippen molar-refractivity contribution in [1.29, 1.82) is 0 Å². The minimum atomic E-state index is -0.0521. The Morgan fingerprint density at radius 3 is 2.18 bits per heavy atom. The van der Waals surface area contributed by atoms with Crippen molar-refractivity contribution in [3.05, 3.63) is 0 Å². The lowest BCUT2D eigenvalue weighted by atomic mass is 10.2. The molecule has 2 amide bonds. The quantitative estimate of drug-likeness (QED) is 0.700. The summed E-state index contributed by atoms with van der Waals surface area (Å²) in [6.45, 7) is 6.99. The molecule has 17 heavy (non-hydrogen) atoms. The second-order valence-electron chi connectivity index (χ2n) is 4.39. The van der Waals surface area contributed by atoms with Gasteiger partial charge in [0.25, 0.3) is 0 Å². The van der Waals surface area contributed by atoms with Crippen molar-refractivity contribution in [3.63, 3.8) is 0 Å². The van der Waals surface area contributed by atoms with E-state index in [-0.39, 0.29) is 18.4 Å². The molecule has 0 spiro atoms. The van der Waals surface area contributed by atoms with E-state index in [1.807, 2.05) is 13.8 Å². The third-order valence-corrected chi connectivity index (χ3v) is 2.77. The molecule has 0 aliphatic carbocycles. The van der Waals surface area contributed by atoms with Gasteiger partial charge in [-0.15, -0.1) is 0 Å². The van der Waals surface area contributed by atoms with Crippen molar-refractivity contribution in [2.45, 2.75) is 33.2 Å². The average molecular weight is 243 g/mol. The van der Waals surface area contributed by atoms with Gasteiger partial charge in [-0.1, -0.05) is 6.92 Å². The summed E-state index contributed by atoms with van der Waals surface area (Å²) in [5.41, 5.74) is 0. The number of carbonyl (C=O) groups excluding carboxylic acids is 2. The first-order chi connectivity index (χ1) is 7.92. The van der Waals surface area contributed by atoms with Crippen LogP contribution in [0, 0.1) is 0 Å². The summed E-state index contributed by atoms with van der Waals surface area (Å²) < 4.78 is 0. The third-order valence-electron chi connectivity index (χ3n) is 2.77. The van der Waals surface area contributed by atoms with Crippen LogP contribution in [0.5, 0.6) is 0 Å². The fourth-order valence-corrected chi connectivity index (χ4v) is 1.20. The Balaban J connectivity index is 4.17. The third kappa shape index (κ3) is 6.26. The molecule has 0 aliphatic heterocycles. The van der Waals surface area contributed by atoms with Gasteiger partial charge in [0, 0.05) is 26.7 Å². The zero-order valence-corrected chi connectivity index (χ0v) is 11.6. The number of carbonyl (C=O) groups is 2. The van der Waals surface area contributed by atoms with Gasteiger partial charge in [0.2, 0.25) is 11.8 Å². The minimum absolute atomic E-state index is 0.0250. The molecular formula is C12H25N3O2. The Morgan fingerprint density at radius 2 is 1.76 bits per heavy atom. The van der Waals surface area contributed by atoms with E-state index < -0.39 is 0 Å². The van der Waals surface area contributed by atoms with Crippen molar-refractivity contribution in [2.24, 2.45) is 0 Å². The predicted octanol–water partition coefficient (Wildman–Crippen LogP) is 0.311. The van der Waals surface area contributed by atoms with E-state index in [1.54, 1.807) is 19.0 Å². The number of nitrogens with one attached hydrogen (secondary N) is 1. The summed E-state index contributed by atoms with van der Waals surface area (Å²) in [4.78, 5) is 26.4. The van der Waals surface area contributed by atoms with Gasteiger partial charge >= 0.3 is 0 Å². The van der Waals surface area contributed by atoms with E-state index in [0.717, 1.165) is 6.42 Å². The second-order valence-corrected chi connectivity index (χ2v) is 4.39. The van der Waals surface area contributed by atoms with E-state index in [2.05, 4.69) is 12.2 Å². The van der Waals surface area contributed by atoms with Gasteiger partial charge < -0.3 is 15.1 Å². The molecule has 0 aliphatic rings. The maximum atomic E-state index is 11.8. The van der Waals surface area contributed by atoms with Crippen LogP contribution < -0.4 is 5.32 Å². The van der Waals surface area contributed by atoms with Gasteiger partial charge in [0.15, 0.2) is 0 Å². The molecule has 5 heteroatoms. The van der Waals surface area contributed by atoms with Crippen LogP contribution in [-0.2, 0) is 9.59 Å². The number of likely N-dealkylation sites (N-methyl/N-ethyl adjacent to an activating group) is 2. The molecule has 0 fully saturated rings. The van der Waals surface area contributed by atoms with Gasteiger partial charge in [-0.05, 0) is 20.3 Å². The monoisotopic (exact) mass is 243 g/mol. The molecule has 0 heterocycles. The molecule has 0 aromatic rings. The summed E-state index contributed by atoms with van der Waals surface area (Å²) in [7, 11) is 3.39. The van der Waals surface area contributed by atoms with Crippen molar-refractivity contribution in [3.8, 4) is 0 Å². The van der Waals surface area contributed by atoms with E-state index in [4.69, 9.17) is 0 Å². The Bertz CT molecular complexity index is 254. The highest BCUT2D eigenvalue weighted by Gasteiger charge is 2.16. The van der Waals surface area contributed by atoms with Gasteiger partial charge in [-0.25, -0.2) is 0 Å². The summed E-state index contributed by atoms with van der Waals surface area (Å²) in [5.74, 6) is -0.0771. The van der Waals surface area contributed by atoms with Crippen LogP contribution >= 0.6 is 0 Å². The molecule has 0 aromatic carbocycles. The molecule has 0 bridgehead atoms. The van der Waals surface area contributed by atoms with Crippen LogP contribution in [0.1, 0.15) is 27.2 Å². The number of hydrogen-bond donors (Lipinski definition) is 1. The molecule has 5 nitrogen and oxygen atoms in total. The summed E-state index contributed by atoms with van der Waals surface area (Å²) >= 11 is 0. The average Bonchev–Trinajstić information content (AvgIpc) is 2.31. The van der Waals surface area contributed by atoms with Crippen molar-refractivity contribution >= 4 is 11.8 Å². The molecule has 1 atom stereocenters. The molecule has 100 valence electrons. The number of nitrogens with zero attached hydrogens (tertiary/aromatic N) is 2. The first kappa shape index (κ1) is 15.9. The number of rotatable bonds is 7. The molecule has 0 rings (SSSR count). The van der Waals surface area contributed by atoms with Gasteiger partial charge in [-0.3, -0.25) is 9.59 Å². The van der Waals surface area contributed by atoms with Crippen LogP contribution in [0.3, 0.4) is 0 Å². The lowest BCUT2D eigenvalue weighted by molar-refractivity contribution is -0.138. The Kier molecular flexibility index (Phi) is 7.54. The molecule has 0 saturated carbocycles. The first-order valence-corrected chi connectivity index (χ1v) is 6.13. The van der Waals surface area contributed by atoms with Crippen LogP contribution in [-0.4, -0.2) is 61.4 Å². The summed E-state index contributed by atoms with van der Waals surface area (Å²) in [6.07, 6.45) is 0.982. The van der Waals surface area contributed by atoms with Gasteiger partial charge in [0.05, 0.1) is 13.1 Å². The van der Waals surface area contributed by atoms with Crippen molar-refractivity contribution in [2.75, 3.05) is 33.7 Å². The Hall–Kier alpha value is -1.10. The van der Waals surface area contributed by atoms with E-state index >= 15 is 0 Å². The van der Waals surface area contributed by atoms with Crippen LogP contribution in [0.4, 0.5) is 0 Å². The van der Waals surface area contributed by atoms with Gasteiger partial charge in [0.1, 0.15) is 0 Å². The van der Waals surface area contributed by atoms with Crippen molar-refractivity contribution in [1.82, 2.24) is 15.1 Å². The largest absolute Gasteiger partial charge is 0.347 e. The van der Waals surface area contributed by atoms with E-state index in [0.29, 0.717) is 19.1 Å². The highest BCUT2D eigenvalue weighted by molar-refractivity contribution is 5.85. The van der Waals surface area contributed by atoms with E-state index in [9.17, 15) is 9.59 Å². The van der Waals surface area contributed by atoms with Crippen LogP contribution in [0.2, 0.25) is 0 Å². The molecule has 0 radical (unpaired) electrons. The molecule has 0 saturated heterocycles. The van der Waals surface area contributed by atoms with Crippen LogP contribution in [0.15, 0.2) is 0 Å². The number of hydrogen-bond acceptors (Lipinski definition) is 3.